The van der Waals surface area contributed by atoms with Crippen LogP contribution in [0.5, 0.6) is 5.75 Å². The van der Waals surface area contributed by atoms with Gasteiger partial charge in [-0.25, -0.2) is 0 Å². The summed E-state index contributed by atoms with van der Waals surface area (Å²) in [5.74, 6) is 0.390. The van der Waals surface area contributed by atoms with E-state index in [0.717, 1.165) is 51.4 Å². The Balaban J connectivity index is 1.48. The zero-order valence-corrected chi connectivity index (χ0v) is 16.5. The Labute approximate surface area is 173 Å². The first-order valence-electron chi connectivity index (χ1n) is 9.84. The Morgan fingerprint density at radius 3 is 2.53 bits per heavy atom. The van der Waals surface area contributed by atoms with E-state index in [1.54, 1.807) is 24.3 Å². The van der Waals surface area contributed by atoms with Gasteiger partial charge in [-0.05, 0) is 54.5 Å². The molecule has 4 nitrogen and oxygen atoms in total. The van der Waals surface area contributed by atoms with Crippen LogP contribution in [0.15, 0.2) is 54.6 Å². The van der Waals surface area contributed by atoms with Gasteiger partial charge in [-0.15, -0.1) is 0 Å². The fourth-order valence-electron chi connectivity index (χ4n) is 3.11. The summed E-state index contributed by atoms with van der Waals surface area (Å²) in [6.45, 7) is 4.99. The number of hydrogen-bond acceptors (Lipinski definition) is 4. The minimum absolute atomic E-state index is 0.286. The normalized spacial score (nSPS) is 15.4. The number of morpholine rings is 1. The number of benzene rings is 2. The van der Waals surface area contributed by atoms with Crippen molar-refractivity contribution in [1.82, 2.24) is 4.90 Å². The van der Waals surface area contributed by atoms with Crippen molar-refractivity contribution in [1.29, 1.82) is 0 Å². The van der Waals surface area contributed by atoms with Crippen LogP contribution in [-0.2, 0) is 10.9 Å². The first-order valence-corrected chi connectivity index (χ1v) is 9.84. The molecular weight excluding hydrogens is 395 g/mol. The molecule has 0 aromatic heterocycles. The van der Waals surface area contributed by atoms with Crippen LogP contribution < -0.4 is 4.74 Å². The molecule has 0 radical (unpaired) electrons. The number of ketones is 1. The van der Waals surface area contributed by atoms with E-state index in [1.807, 2.05) is 0 Å². The highest BCUT2D eigenvalue weighted by molar-refractivity contribution is 6.06. The number of rotatable bonds is 8. The molecule has 160 valence electrons. The number of ether oxygens (including phenoxy) is 2. The van der Waals surface area contributed by atoms with Crippen molar-refractivity contribution in [3.05, 3.63) is 71.3 Å². The Hall–Kier alpha value is -2.64. The molecule has 0 bridgehead atoms. The van der Waals surface area contributed by atoms with Gasteiger partial charge >= 0.3 is 6.18 Å². The summed E-state index contributed by atoms with van der Waals surface area (Å²) < 4.78 is 49.3. The Morgan fingerprint density at radius 2 is 1.83 bits per heavy atom. The van der Waals surface area contributed by atoms with Gasteiger partial charge in [0.2, 0.25) is 0 Å². The summed E-state index contributed by atoms with van der Waals surface area (Å²) in [4.78, 5) is 14.6. The lowest BCUT2D eigenvalue weighted by molar-refractivity contribution is -0.137. The SMILES string of the molecule is O=C(/C=C/c1cccc(C(F)(F)F)c1)c1ccc(OCCCN2CCOCC2)cc1. The second kappa shape index (κ2) is 10.4. The average Bonchev–Trinajstić information content (AvgIpc) is 2.76. The van der Waals surface area contributed by atoms with Crippen molar-refractivity contribution in [3.8, 4) is 5.75 Å². The van der Waals surface area contributed by atoms with Crippen molar-refractivity contribution in [3.63, 3.8) is 0 Å². The number of nitrogens with zero attached hydrogens (tertiary/aromatic N) is 1. The molecule has 0 spiro atoms. The maximum absolute atomic E-state index is 12.8. The summed E-state index contributed by atoms with van der Waals surface area (Å²) in [6, 6.07) is 11.6. The largest absolute Gasteiger partial charge is 0.494 e. The van der Waals surface area contributed by atoms with Gasteiger partial charge in [0.15, 0.2) is 5.78 Å². The Bertz CT molecular complexity index is 857. The van der Waals surface area contributed by atoms with Crippen LogP contribution in [0.1, 0.15) is 27.9 Å². The van der Waals surface area contributed by atoms with Crippen molar-refractivity contribution >= 4 is 11.9 Å². The fraction of sp³-hybridized carbons (Fsp3) is 0.348. The van der Waals surface area contributed by atoms with Crippen molar-refractivity contribution in [2.24, 2.45) is 0 Å². The van der Waals surface area contributed by atoms with Crippen LogP contribution in [0.2, 0.25) is 0 Å². The molecule has 3 rings (SSSR count). The summed E-state index contributed by atoms with van der Waals surface area (Å²) in [6.07, 6.45) is -0.854. The highest BCUT2D eigenvalue weighted by Gasteiger charge is 2.30. The summed E-state index contributed by atoms with van der Waals surface area (Å²) in [7, 11) is 0. The number of carbonyl (C=O) groups excluding carboxylic acids is 1. The predicted octanol–water partition coefficient (Wildman–Crippen LogP) is 4.70. The van der Waals surface area contributed by atoms with Crippen LogP contribution in [0.25, 0.3) is 6.08 Å². The zero-order valence-electron chi connectivity index (χ0n) is 16.5. The van der Waals surface area contributed by atoms with Gasteiger partial charge in [0.25, 0.3) is 0 Å². The predicted molar refractivity (Wildman–Crippen MR) is 109 cm³/mol. The molecular formula is C23H24F3NO3. The quantitative estimate of drug-likeness (QED) is 0.353. The van der Waals surface area contributed by atoms with Crippen LogP contribution in [0.3, 0.4) is 0 Å². The number of alkyl halides is 3. The lowest BCUT2D eigenvalue weighted by Crippen LogP contribution is -2.37. The van der Waals surface area contributed by atoms with Gasteiger partial charge in [0.05, 0.1) is 25.4 Å². The highest BCUT2D eigenvalue weighted by atomic mass is 19.4. The molecule has 2 aromatic rings. The monoisotopic (exact) mass is 419 g/mol. The Kier molecular flexibility index (Phi) is 7.65. The van der Waals surface area contributed by atoms with Gasteiger partial charge in [-0.2, -0.15) is 13.2 Å². The second-order valence-corrected chi connectivity index (χ2v) is 7.00. The Morgan fingerprint density at radius 1 is 1.10 bits per heavy atom. The molecule has 1 heterocycles. The van der Waals surface area contributed by atoms with E-state index >= 15 is 0 Å². The molecule has 1 saturated heterocycles. The van der Waals surface area contributed by atoms with E-state index in [2.05, 4.69) is 4.90 Å². The molecule has 0 amide bonds. The number of hydrogen-bond donors (Lipinski definition) is 0. The van der Waals surface area contributed by atoms with Gasteiger partial charge in [0.1, 0.15) is 5.75 Å². The average molecular weight is 419 g/mol. The van der Waals surface area contributed by atoms with Crippen LogP contribution in [0.4, 0.5) is 13.2 Å². The second-order valence-electron chi connectivity index (χ2n) is 7.00. The molecule has 1 fully saturated rings. The molecule has 1 aliphatic heterocycles. The first-order chi connectivity index (χ1) is 14.4. The number of carbonyl (C=O) groups is 1. The summed E-state index contributed by atoms with van der Waals surface area (Å²) >= 11 is 0. The van der Waals surface area contributed by atoms with E-state index in [9.17, 15) is 18.0 Å². The van der Waals surface area contributed by atoms with E-state index in [-0.39, 0.29) is 5.78 Å². The summed E-state index contributed by atoms with van der Waals surface area (Å²) in [5, 5.41) is 0. The lowest BCUT2D eigenvalue weighted by Gasteiger charge is -2.26. The molecule has 2 aromatic carbocycles. The maximum atomic E-state index is 12.8. The minimum Gasteiger partial charge on any atom is -0.494 e. The molecule has 30 heavy (non-hydrogen) atoms. The third-order valence-corrected chi connectivity index (χ3v) is 4.77. The van der Waals surface area contributed by atoms with E-state index < -0.39 is 11.7 Å². The van der Waals surface area contributed by atoms with E-state index in [1.165, 1.54) is 24.3 Å². The van der Waals surface area contributed by atoms with Crippen LogP contribution in [-0.4, -0.2) is 50.1 Å². The van der Waals surface area contributed by atoms with E-state index in [0.29, 0.717) is 23.5 Å². The van der Waals surface area contributed by atoms with Crippen LogP contribution >= 0.6 is 0 Å². The summed E-state index contributed by atoms with van der Waals surface area (Å²) in [5.41, 5.74) is 0.0181. The highest BCUT2D eigenvalue weighted by Crippen LogP contribution is 2.29. The van der Waals surface area contributed by atoms with Gasteiger partial charge in [0, 0.05) is 25.2 Å². The lowest BCUT2D eigenvalue weighted by atomic mass is 10.1. The van der Waals surface area contributed by atoms with Crippen molar-refractivity contribution < 1.29 is 27.4 Å². The van der Waals surface area contributed by atoms with Crippen LogP contribution in [0, 0.1) is 0 Å². The van der Waals surface area contributed by atoms with Crippen molar-refractivity contribution in [2.45, 2.75) is 12.6 Å². The minimum atomic E-state index is -4.41. The maximum Gasteiger partial charge on any atom is 0.416 e. The molecule has 0 atom stereocenters. The van der Waals surface area contributed by atoms with Gasteiger partial charge in [-0.1, -0.05) is 18.2 Å². The smallest absolute Gasteiger partial charge is 0.416 e. The third-order valence-electron chi connectivity index (χ3n) is 4.77. The number of allylic oxidation sites excluding steroid dienone is 1. The molecule has 1 aliphatic rings. The van der Waals surface area contributed by atoms with Gasteiger partial charge < -0.3 is 9.47 Å². The standard InChI is InChI=1S/C23H24F3NO3/c24-23(25,26)20-4-1-3-18(17-20)5-10-22(28)19-6-8-21(9-7-19)30-14-2-11-27-12-15-29-16-13-27/h1,3-10,17H,2,11-16H2/b10-5+. The molecule has 7 heteroatoms. The number of halogens is 3. The zero-order chi connectivity index (χ0) is 21.4. The van der Waals surface area contributed by atoms with Gasteiger partial charge in [-0.3, -0.25) is 9.69 Å². The molecule has 0 aliphatic carbocycles. The van der Waals surface area contributed by atoms with Crippen molar-refractivity contribution in [2.75, 3.05) is 39.5 Å². The fourth-order valence-corrected chi connectivity index (χ4v) is 3.11. The first kappa shape index (κ1) is 22.1. The van der Waals surface area contributed by atoms with E-state index in [4.69, 9.17) is 9.47 Å². The molecule has 0 N–H and O–H groups in total. The topological polar surface area (TPSA) is 38.8 Å². The third kappa shape index (κ3) is 6.71. The molecule has 0 saturated carbocycles. The molecule has 0 unspecified atom stereocenters.